The Bertz CT molecular complexity index is 395. The Morgan fingerprint density at radius 2 is 2.06 bits per heavy atom. The average molecular weight is 311 g/mol. The molecule has 0 fully saturated rings. The molecule has 0 saturated carbocycles. The number of thiophene rings is 1. The van der Waals surface area contributed by atoms with E-state index < -0.39 is 0 Å². The summed E-state index contributed by atoms with van der Waals surface area (Å²) in [5.74, 6) is -0.123. The van der Waals surface area contributed by atoms with Crippen LogP contribution >= 0.6 is 35.3 Å². The van der Waals surface area contributed by atoms with E-state index in [-0.39, 0.29) is 23.9 Å². The maximum atomic E-state index is 12.1. The van der Waals surface area contributed by atoms with Crippen molar-refractivity contribution in [2.24, 2.45) is 5.73 Å². The van der Waals surface area contributed by atoms with Gasteiger partial charge in [-0.3, -0.25) is 4.79 Å². The Morgan fingerprint density at radius 1 is 1.50 bits per heavy atom. The molecule has 0 spiro atoms. The highest BCUT2D eigenvalue weighted by Crippen LogP contribution is 2.27. The van der Waals surface area contributed by atoms with Crippen LogP contribution in [0.15, 0.2) is 5.38 Å². The van der Waals surface area contributed by atoms with Crippen molar-refractivity contribution >= 4 is 41.3 Å². The highest BCUT2D eigenvalue weighted by Gasteiger charge is 2.28. The van der Waals surface area contributed by atoms with Crippen molar-refractivity contribution in [3.63, 3.8) is 0 Å². The van der Waals surface area contributed by atoms with Gasteiger partial charge in [0.2, 0.25) is 0 Å². The molecule has 18 heavy (non-hydrogen) atoms. The zero-order valence-corrected chi connectivity index (χ0v) is 13.3. The van der Waals surface area contributed by atoms with Crippen molar-refractivity contribution in [2.45, 2.75) is 39.2 Å². The molecular formula is C12H20Cl2N2OS. The van der Waals surface area contributed by atoms with Gasteiger partial charge in [0.1, 0.15) is 4.88 Å². The molecule has 104 valence electrons. The Labute approximate surface area is 123 Å². The van der Waals surface area contributed by atoms with E-state index in [2.05, 4.69) is 5.32 Å². The molecule has 1 heterocycles. The Kier molecular flexibility index (Phi) is 7.22. The number of nitrogens with one attached hydrogen (secondary N) is 1. The van der Waals surface area contributed by atoms with Gasteiger partial charge in [-0.25, -0.2) is 0 Å². The lowest BCUT2D eigenvalue weighted by Crippen LogP contribution is -2.52. The largest absolute Gasteiger partial charge is 0.345 e. The summed E-state index contributed by atoms with van der Waals surface area (Å²) in [5.41, 5.74) is 6.37. The molecule has 0 aromatic carbocycles. The molecule has 1 rings (SSSR count). The van der Waals surface area contributed by atoms with E-state index in [0.29, 0.717) is 16.4 Å². The number of aryl methyl sites for hydroxylation is 1. The maximum absolute atomic E-state index is 12.1. The van der Waals surface area contributed by atoms with Crippen LogP contribution in [0.4, 0.5) is 0 Å². The average Bonchev–Trinajstić information content (AvgIpc) is 2.67. The van der Waals surface area contributed by atoms with E-state index in [1.165, 1.54) is 11.3 Å². The second-order valence-electron chi connectivity index (χ2n) is 4.21. The maximum Gasteiger partial charge on any atom is 0.263 e. The molecule has 1 aromatic heterocycles. The molecule has 0 radical (unpaired) electrons. The molecule has 1 amide bonds. The quantitative estimate of drug-likeness (QED) is 0.876. The lowest BCUT2D eigenvalue weighted by atomic mass is 9.93. The number of hydrogen-bond acceptors (Lipinski definition) is 3. The van der Waals surface area contributed by atoms with Crippen LogP contribution < -0.4 is 11.1 Å². The first-order chi connectivity index (χ1) is 7.99. The van der Waals surface area contributed by atoms with E-state index in [0.717, 1.165) is 18.4 Å². The van der Waals surface area contributed by atoms with Gasteiger partial charge >= 0.3 is 0 Å². The minimum absolute atomic E-state index is 0. The topological polar surface area (TPSA) is 55.1 Å². The Balaban J connectivity index is 0.00000289. The van der Waals surface area contributed by atoms with E-state index in [4.69, 9.17) is 17.3 Å². The molecule has 0 bridgehead atoms. The first-order valence-electron chi connectivity index (χ1n) is 5.75. The molecule has 0 aliphatic carbocycles. The van der Waals surface area contributed by atoms with Crippen LogP contribution in [0.3, 0.4) is 0 Å². The monoisotopic (exact) mass is 310 g/mol. The fraction of sp³-hybridized carbons (Fsp3) is 0.583. The highest BCUT2D eigenvalue weighted by atomic mass is 35.5. The van der Waals surface area contributed by atoms with E-state index in [9.17, 15) is 4.79 Å². The lowest BCUT2D eigenvalue weighted by Gasteiger charge is -2.31. The van der Waals surface area contributed by atoms with Gasteiger partial charge in [0.25, 0.3) is 5.91 Å². The highest BCUT2D eigenvalue weighted by molar-refractivity contribution is 7.13. The van der Waals surface area contributed by atoms with Gasteiger partial charge in [0.05, 0.1) is 10.6 Å². The molecule has 0 atom stereocenters. The van der Waals surface area contributed by atoms with Crippen molar-refractivity contribution in [1.29, 1.82) is 0 Å². The number of carbonyl (C=O) groups excluding carboxylic acids is 1. The third kappa shape index (κ3) is 3.60. The van der Waals surface area contributed by atoms with E-state index in [1.54, 1.807) is 0 Å². The summed E-state index contributed by atoms with van der Waals surface area (Å²) in [6, 6.07) is 0. The standard InChI is InChI=1S/C12H19ClN2OS.ClH/c1-4-12(5-2,7-14)15-11(16)10-9(13)8(3)6-17-10;/h6H,4-5,7,14H2,1-3H3,(H,15,16);1H. The fourth-order valence-corrected chi connectivity index (χ4v) is 2.82. The first-order valence-corrected chi connectivity index (χ1v) is 7.01. The van der Waals surface area contributed by atoms with Gasteiger partial charge in [0, 0.05) is 6.54 Å². The van der Waals surface area contributed by atoms with Crippen molar-refractivity contribution < 1.29 is 4.79 Å². The van der Waals surface area contributed by atoms with Gasteiger partial charge in [0.15, 0.2) is 0 Å². The molecule has 3 N–H and O–H groups in total. The van der Waals surface area contributed by atoms with Crippen LogP contribution in [0.25, 0.3) is 0 Å². The van der Waals surface area contributed by atoms with Gasteiger partial charge in [-0.2, -0.15) is 0 Å². The molecule has 3 nitrogen and oxygen atoms in total. The number of halogens is 2. The Morgan fingerprint density at radius 3 is 2.39 bits per heavy atom. The van der Waals surface area contributed by atoms with Gasteiger partial charge < -0.3 is 11.1 Å². The van der Waals surface area contributed by atoms with Crippen molar-refractivity contribution in [3.05, 3.63) is 20.8 Å². The van der Waals surface area contributed by atoms with Crippen LogP contribution in [-0.4, -0.2) is 18.0 Å². The summed E-state index contributed by atoms with van der Waals surface area (Å²) < 4.78 is 0. The van der Waals surface area contributed by atoms with Gasteiger partial charge in [-0.1, -0.05) is 25.4 Å². The normalized spacial score (nSPS) is 10.9. The van der Waals surface area contributed by atoms with Crippen LogP contribution in [0.1, 0.15) is 41.9 Å². The molecule has 1 aromatic rings. The van der Waals surface area contributed by atoms with Crippen LogP contribution in [0, 0.1) is 6.92 Å². The molecular weight excluding hydrogens is 291 g/mol. The van der Waals surface area contributed by atoms with Gasteiger partial charge in [-0.15, -0.1) is 23.7 Å². The summed E-state index contributed by atoms with van der Waals surface area (Å²) >= 11 is 7.45. The third-order valence-electron chi connectivity index (χ3n) is 3.23. The summed E-state index contributed by atoms with van der Waals surface area (Å²) in [5, 5.41) is 5.45. The molecule has 6 heteroatoms. The fourth-order valence-electron chi connectivity index (χ4n) is 1.65. The van der Waals surface area contributed by atoms with Crippen LogP contribution in [0.2, 0.25) is 5.02 Å². The number of nitrogens with two attached hydrogens (primary N) is 1. The minimum atomic E-state index is -0.321. The molecule has 0 unspecified atom stereocenters. The van der Waals surface area contributed by atoms with Gasteiger partial charge in [-0.05, 0) is 30.7 Å². The van der Waals surface area contributed by atoms with E-state index in [1.807, 2.05) is 26.2 Å². The SMILES string of the molecule is CCC(CC)(CN)NC(=O)c1scc(C)c1Cl.Cl. The zero-order chi connectivity index (χ0) is 13.1. The summed E-state index contributed by atoms with van der Waals surface area (Å²) in [6.45, 7) is 6.38. The van der Waals surface area contributed by atoms with E-state index >= 15 is 0 Å². The number of amides is 1. The van der Waals surface area contributed by atoms with Crippen molar-refractivity contribution in [1.82, 2.24) is 5.32 Å². The Hall–Kier alpha value is -0.290. The first kappa shape index (κ1) is 17.7. The lowest BCUT2D eigenvalue weighted by molar-refractivity contribution is 0.0899. The second kappa shape index (κ2) is 7.34. The van der Waals surface area contributed by atoms with Crippen LogP contribution in [0.5, 0.6) is 0 Å². The summed E-state index contributed by atoms with van der Waals surface area (Å²) in [6.07, 6.45) is 1.63. The third-order valence-corrected chi connectivity index (χ3v) is 4.92. The van der Waals surface area contributed by atoms with Crippen molar-refractivity contribution in [3.8, 4) is 0 Å². The zero-order valence-electron chi connectivity index (χ0n) is 10.9. The molecule has 0 saturated heterocycles. The minimum Gasteiger partial charge on any atom is -0.345 e. The van der Waals surface area contributed by atoms with Crippen LogP contribution in [-0.2, 0) is 0 Å². The molecule has 0 aliphatic heterocycles. The summed E-state index contributed by atoms with van der Waals surface area (Å²) in [7, 11) is 0. The second-order valence-corrected chi connectivity index (χ2v) is 5.47. The number of carbonyl (C=O) groups is 1. The summed E-state index contributed by atoms with van der Waals surface area (Å²) in [4.78, 5) is 12.7. The van der Waals surface area contributed by atoms with Crippen molar-refractivity contribution in [2.75, 3.05) is 6.54 Å². The smallest absolute Gasteiger partial charge is 0.263 e. The predicted molar refractivity (Wildman–Crippen MR) is 81.1 cm³/mol. The predicted octanol–water partition coefficient (Wildman–Crippen LogP) is 3.38. The number of rotatable bonds is 5. The molecule has 0 aliphatic rings. The number of hydrogen-bond donors (Lipinski definition) is 2.